The third-order valence-corrected chi connectivity index (χ3v) is 5.21. The summed E-state index contributed by atoms with van der Waals surface area (Å²) in [5.41, 5.74) is 1.61. The van der Waals surface area contributed by atoms with E-state index in [1.165, 1.54) is 0 Å². The van der Waals surface area contributed by atoms with Gasteiger partial charge >= 0.3 is 12.3 Å². The van der Waals surface area contributed by atoms with Crippen molar-refractivity contribution in [2.24, 2.45) is 5.92 Å². The van der Waals surface area contributed by atoms with Crippen molar-refractivity contribution >= 4 is 23.6 Å². The zero-order valence-corrected chi connectivity index (χ0v) is 17.7. The predicted molar refractivity (Wildman–Crippen MR) is 114 cm³/mol. The van der Waals surface area contributed by atoms with Crippen LogP contribution in [0.4, 0.5) is 23.7 Å². The Bertz CT molecular complexity index is 974. The predicted octanol–water partition coefficient (Wildman–Crippen LogP) is 3.97. The molecule has 3 amide bonds. The highest BCUT2D eigenvalue weighted by molar-refractivity contribution is 6.04. The van der Waals surface area contributed by atoms with Crippen molar-refractivity contribution in [2.75, 3.05) is 25.0 Å². The number of anilines is 1. The Morgan fingerprint density at radius 2 is 1.61 bits per heavy atom. The number of amides is 3. The van der Waals surface area contributed by atoms with Crippen LogP contribution in [0.5, 0.6) is 0 Å². The van der Waals surface area contributed by atoms with Gasteiger partial charge in [0.05, 0.1) is 11.3 Å². The Labute approximate surface area is 188 Å². The van der Waals surface area contributed by atoms with Gasteiger partial charge in [-0.05, 0) is 30.5 Å². The maximum Gasteiger partial charge on any atom is 0.422 e. The molecule has 0 aromatic heterocycles. The fraction of sp³-hybridized carbons (Fsp3) is 0.348. The van der Waals surface area contributed by atoms with Gasteiger partial charge in [-0.2, -0.15) is 13.2 Å². The Hall–Kier alpha value is -3.56. The van der Waals surface area contributed by atoms with Crippen LogP contribution in [-0.4, -0.2) is 48.7 Å². The summed E-state index contributed by atoms with van der Waals surface area (Å²) >= 11 is 0. The van der Waals surface area contributed by atoms with E-state index in [2.05, 4.69) is 15.4 Å². The number of rotatable bonds is 6. The van der Waals surface area contributed by atoms with Crippen molar-refractivity contribution < 1.29 is 32.3 Å². The van der Waals surface area contributed by atoms with E-state index in [1.807, 2.05) is 30.3 Å². The molecule has 10 heteroatoms. The normalized spacial score (nSPS) is 14.5. The smallest absolute Gasteiger partial charge is 0.422 e. The number of nitrogens with one attached hydrogen (secondary N) is 2. The van der Waals surface area contributed by atoms with Crippen molar-refractivity contribution in [3.05, 3.63) is 65.7 Å². The third kappa shape index (κ3) is 7.23. The summed E-state index contributed by atoms with van der Waals surface area (Å²) in [6.07, 6.45) is -5.09. The van der Waals surface area contributed by atoms with Crippen LogP contribution in [-0.2, 0) is 16.1 Å². The summed E-state index contributed by atoms with van der Waals surface area (Å²) in [5, 5.41) is 5.59. The molecule has 33 heavy (non-hydrogen) atoms. The van der Waals surface area contributed by atoms with Gasteiger partial charge in [0, 0.05) is 25.6 Å². The molecule has 0 radical (unpaired) electrons. The van der Waals surface area contributed by atoms with Gasteiger partial charge in [-0.25, -0.2) is 4.79 Å². The number of alkyl halides is 3. The Morgan fingerprint density at radius 1 is 0.970 bits per heavy atom. The molecule has 1 heterocycles. The van der Waals surface area contributed by atoms with E-state index in [0.717, 1.165) is 10.5 Å². The van der Waals surface area contributed by atoms with E-state index in [0.29, 0.717) is 17.8 Å². The second-order valence-corrected chi connectivity index (χ2v) is 7.63. The lowest BCUT2D eigenvalue weighted by molar-refractivity contribution is -0.162. The monoisotopic (exact) mass is 463 g/mol. The van der Waals surface area contributed by atoms with Crippen LogP contribution in [0.25, 0.3) is 0 Å². The summed E-state index contributed by atoms with van der Waals surface area (Å²) in [6.45, 7) is -1.10. The average Bonchev–Trinajstić information content (AvgIpc) is 2.81. The first-order valence-corrected chi connectivity index (χ1v) is 10.4. The first-order chi connectivity index (χ1) is 15.7. The highest BCUT2D eigenvalue weighted by Crippen LogP contribution is 2.23. The summed E-state index contributed by atoms with van der Waals surface area (Å²) < 4.78 is 40.9. The Kier molecular flexibility index (Phi) is 7.92. The minimum atomic E-state index is -4.59. The number of carbonyl (C=O) groups is 3. The average molecular weight is 463 g/mol. The Morgan fingerprint density at radius 3 is 2.27 bits per heavy atom. The molecule has 2 aromatic rings. The number of piperidine rings is 1. The van der Waals surface area contributed by atoms with E-state index in [4.69, 9.17) is 0 Å². The van der Waals surface area contributed by atoms with Gasteiger partial charge < -0.3 is 20.3 Å². The molecule has 2 aromatic carbocycles. The van der Waals surface area contributed by atoms with Crippen molar-refractivity contribution in [3.63, 3.8) is 0 Å². The maximum absolute atomic E-state index is 12.7. The minimum Gasteiger partial charge on any atom is -0.440 e. The SMILES string of the molecule is O=C(NCc1ccccc1)c1ccccc1NC(=O)C1CCN(C(=O)OCC(F)(F)F)CC1. The standard InChI is InChI=1S/C23H24F3N3O4/c24-23(25,26)15-33-22(32)29-12-10-17(11-13-29)20(30)28-19-9-5-4-8-18(19)21(31)27-14-16-6-2-1-3-7-16/h1-9,17H,10-15H2,(H,27,31)(H,28,30). The first-order valence-electron chi connectivity index (χ1n) is 10.4. The molecule has 7 nitrogen and oxygen atoms in total. The van der Waals surface area contributed by atoms with Crippen molar-refractivity contribution in [3.8, 4) is 0 Å². The number of likely N-dealkylation sites (tertiary alicyclic amines) is 1. The van der Waals surface area contributed by atoms with Crippen molar-refractivity contribution in [2.45, 2.75) is 25.6 Å². The van der Waals surface area contributed by atoms with Crippen LogP contribution in [0.2, 0.25) is 0 Å². The highest BCUT2D eigenvalue weighted by atomic mass is 19.4. The molecular formula is C23H24F3N3O4. The molecule has 0 saturated carbocycles. The number of hydrogen-bond donors (Lipinski definition) is 2. The molecule has 3 rings (SSSR count). The summed E-state index contributed by atoms with van der Waals surface area (Å²) in [6, 6.07) is 16.0. The number of halogens is 3. The van der Waals surface area contributed by atoms with E-state index < -0.39 is 24.8 Å². The first kappa shape index (κ1) is 24.1. The summed E-state index contributed by atoms with van der Waals surface area (Å²) in [7, 11) is 0. The molecule has 0 unspecified atom stereocenters. The van der Waals surface area contributed by atoms with E-state index in [1.54, 1.807) is 24.3 Å². The van der Waals surface area contributed by atoms with Gasteiger partial charge in [0.2, 0.25) is 5.91 Å². The van der Waals surface area contributed by atoms with Crippen LogP contribution in [0, 0.1) is 5.92 Å². The fourth-order valence-corrected chi connectivity index (χ4v) is 3.46. The zero-order valence-electron chi connectivity index (χ0n) is 17.7. The summed E-state index contributed by atoms with van der Waals surface area (Å²) in [4.78, 5) is 38.3. The lowest BCUT2D eigenvalue weighted by atomic mass is 9.96. The van der Waals surface area contributed by atoms with Crippen LogP contribution in [0.1, 0.15) is 28.8 Å². The maximum atomic E-state index is 12.7. The van der Waals surface area contributed by atoms with Crippen molar-refractivity contribution in [1.82, 2.24) is 10.2 Å². The molecule has 1 fully saturated rings. The fourth-order valence-electron chi connectivity index (χ4n) is 3.46. The lowest BCUT2D eigenvalue weighted by Crippen LogP contribution is -2.42. The molecule has 0 bridgehead atoms. The van der Waals surface area contributed by atoms with Crippen molar-refractivity contribution in [1.29, 1.82) is 0 Å². The molecule has 1 aliphatic heterocycles. The van der Waals surface area contributed by atoms with Gasteiger partial charge in [-0.1, -0.05) is 42.5 Å². The zero-order chi connectivity index (χ0) is 23.8. The number of carbonyl (C=O) groups excluding carboxylic acids is 3. The molecule has 0 spiro atoms. The van der Waals surface area contributed by atoms with Gasteiger partial charge in [0.25, 0.3) is 5.91 Å². The number of hydrogen-bond acceptors (Lipinski definition) is 4. The highest BCUT2D eigenvalue weighted by Gasteiger charge is 2.33. The molecule has 1 saturated heterocycles. The second-order valence-electron chi connectivity index (χ2n) is 7.63. The number of nitrogens with zero attached hydrogens (tertiary/aromatic N) is 1. The van der Waals surface area contributed by atoms with Crippen LogP contribution in [0.15, 0.2) is 54.6 Å². The summed E-state index contributed by atoms with van der Waals surface area (Å²) in [5.74, 6) is -1.10. The quantitative estimate of drug-likeness (QED) is 0.679. The molecule has 1 aliphatic rings. The van der Waals surface area contributed by atoms with Crippen LogP contribution < -0.4 is 10.6 Å². The van der Waals surface area contributed by atoms with Gasteiger partial charge in [-0.3, -0.25) is 9.59 Å². The van der Waals surface area contributed by atoms with Crippen LogP contribution >= 0.6 is 0 Å². The van der Waals surface area contributed by atoms with Gasteiger partial charge in [0.15, 0.2) is 6.61 Å². The number of para-hydroxylation sites is 1. The number of ether oxygens (including phenoxy) is 1. The molecule has 0 aliphatic carbocycles. The molecule has 176 valence electrons. The van der Waals surface area contributed by atoms with E-state index in [9.17, 15) is 27.6 Å². The van der Waals surface area contributed by atoms with Gasteiger partial charge in [-0.15, -0.1) is 0 Å². The lowest BCUT2D eigenvalue weighted by Gasteiger charge is -2.30. The van der Waals surface area contributed by atoms with E-state index in [-0.39, 0.29) is 37.7 Å². The topological polar surface area (TPSA) is 87.7 Å². The van der Waals surface area contributed by atoms with Crippen LogP contribution in [0.3, 0.4) is 0 Å². The molecule has 0 atom stereocenters. The van der Waals surface area contributed by atoms with Gasteiger partial charge in [0.1, 0.15) is 0 Å². The Balaban J connectivity index is 1.53. The largest absolute Gasteiger partial charge is 0.440 e. The third-order valence-electron chi connectivity index (χ3n) is 5.21. The second kappa shape index (κ2) is 10.8. The number of benzene rings is 2. The van der Waals surface area contributed by atoms with E-state index >= 15 is 0 Å². The molecule has 2 N–H and O–H groups in total. The molecular weight excluding hydrogens is 439 g/mol. The minimum absolute atomic E-state index is 0.105.